The van der Waals surface area contributed by atoms with Crippen LogP contribution < -0.4 is 0 Å². The lowest BCUT2D eigenvalue weighted by Crippen LogP contribution is -2.40. The SMILES string of the molecule is CC1C=CC2C3=C(N=C(C4C=CC=CC4)C2C1)C1N=CC=CC1C(C1=CCCC(c2ccc4ccccc4c2)=C1)=C3. The van der Waals surface area contributed by atoms with Crippen molar-refractivity contribution in [3.63, 3.8) is 0 Å². The van der Waals surface area contributed by atoms with E-state index in [0.29, 0.717) is 23.7 Å². The number of hydrogen-bond donors (Lipinski definition) is 0. The summed E-state index contributed by atoms with van der Waals surface area (Å²) in [4.78, 5) is 10.7. The first-order valence-corrected chi connectivity index (χ1v) is 15.4. The van der Waals surface area contributed by atoms with Crippen LogP contribution in [0.2, 0.25) is 0 Å². The predicted octanol–water partition coefficient (Wildman–Crippen LogP) is 9.18. The Labute approximate surface area is 243 Å². The van der Waals surface area contributed by atoms with Gasteiger partial charge >= 0.3 is 0 Å². The molecule has 0 amide bonds. The van der Waals surface area contributed by atoms with Crippen molar-refractivity contribution in [2.45, 2.75) is 38.6 Å². The molecule has 6 aliphatic rings. The van der Waals surface area contributed by atoms with Crippen LogP contribution in [0.15, 0.2) is 142 Å². The summed E-state index contributed by atoms with van der Waals surface area (Å²) in [6, 6.07) is 15.6. The molecule has 202 valence electrons. The van der Waals surface area contributed by atoms with Crippen molar-refractivity contribution in [3.05, 3.63) is 137 Å². The lowest BCUT2D eigenvalue weighted by Gasteiger charge is -2.43. The second kappa shape index (κ2) is 10.1. The minimum atomic E-state index is 0.0437. The zero-order chi connectivity index (χ0) is 27.3. The van der Waals surface area contributed by atoms with Crippen LogP contribution in [-0.4, -0.2) is 18.0 Å². The van der Waals surface area contributed by atoms with Gasteiger partial charge in [-0.15, -0.1) is 0 Å². The van der Waals surface area contributed by atoms with Crippen LogP contribution in [0, 0.1) is 29.6 Å². The molecule has 6 atom stereocenters. The van der Waals surface area contributed by atoms with Gasteiger partial charge in [0.1, 0.15) is 6.04 Å². The Morgan fingerprint density at radius 3 is 2.68 bits per heavy atom. The van der Waals surface area contributed by atoms with Gasteiger partial charge in [-0.3, -0.25) is 9.98 Å². The average Bonchev–Trinajstić information content (AvgIpc) is 3.04. The lowest BCUT2D eigenvalue weighted by atomic mass is 9.65. The molecule has 6 unspecified atom stereocenters. The number of dihydropyridines is 1. The monoisotopic (exact) mass is 532 g/mol. The highest BCUT2D eigenvalue weighted by atomic mass is 14.9. The van der Waals surface area contributed by atoms with E-state index in [1.807, 2.05) is 6.21 Å². The van der Waals surface area contributed by atoms with Crippen LogP contribution in [0.4, 0.5) is 0 Å². The maximum atomic E-state index is 5.55. The van der Waals surface area contributed by atoms with Gasteiger partial charge in [-0.05, 0) is 82.4 Å². The Morgan fingerprint density at radius 2 is 1.78 bits per heavy atom. The molecule has 0 radical (unpaired) electrons. The fraction of sp³-hybridized carbons (Fsp3) is 0.282. The van der Waals surface area contributed by atoms with Gasteiger partial charge in [0.05, 0.1) is 5.70 Å². The van der Waals surface area contributed by atoms with Gasteiger partial charge in [0.2, 0.25) is 0 Å². The van der Waals surface area contributed by atoms with Crippen molar-refractivity contribution < 1.29 is 0 Å². The Balaban J connectivity index is 1.23. The summed E-state index contributed by atoms with van der Waals surface area (Å²) in [5.41, 5.74) is 9.51. The smallest absolute Gasteiger partial charge is 0.102 e. The normalized spacial score (nSPS) is 31.6. The summed E-state index contributed by atoms with van der Waals surface area (Å²) in [5, 5.41) is 2.61. The minimum absolute atomic E-state index is 0.0437. The van der Waals surface area contributed by atoms with Gasteiger partial charge in [0.15, 0.2) is 0 Å². The first kappa shape index (κ1) is 24.7. The van der Waals surface area contributed by atoms with Crippen molar-refractivity contribution in [3.8, 4) is 0 Å². The highest BCUT2D eigenvalue weighted by Crippen LogP contribution is 2.49. The standard InChI is InChI=1S/C39H36N2/c1-25-16-19-32-35(21-25)37(27-10-3-2-4-11-27)41-39-36(32)24-34(33-15-8-20-40-38(33)39)31-14-7-13-29(23-31)30-18-17-26-9-5-6-12-28(26)22-30/h2-6,8-10,12,14-20,22-25,27,32-33,35,38H,7,11,13,21H2,1H3. The summed E-state index contributed by atoms with van der Waals surface area (Å²) in [6.07, 6.45) is 32.2. The zero-order valence-corrected chi connectivity index (χ0v) is 23.7. The molecule has 2 aliphatic heterocycles. The number of allylic oxidation sites excluding steroid dienone is 13. The van der Waals surface area contributed by atoms with Gasteiger partial charge in [-0.1, -0.05) is 104 Å². The molecule has 4 aliphatic carbocycles. The van der Waals surface area contributed by atoms with Gasteiger partial charge in [0, 0.05) is 35.6 Å². The fourth-order valence-corrected chi connectivity index (χ4v) is 7.80. The lowest BCUT2D eigenvalue weighted by molar-refractivity contribution is 0.415. The molecule has 2 heterocycles. The van der Waals surface area contributed by atoms with Crippen LogP contribution in [0.1, 0.15) is 38.2 Å². The summed E-state index contributed by atoms with van der Waals surface area (Å²) in [5.74, 6) is 2.01. The number of nitrogens with zero attached hydrogens (tertiary/aromatic N) is 2. The molecule has 2 aromatic rings. The molecule has 0 fully saturated rings. The molecule has 2 nitrogen and oxygen atoms in total. The van der Waals surface area contributed by atoms with Crippen molar-refractivity contribution in [1.82, 2.24) is 0 Å². The first-order chi connectivity index (χ1) is 20.2. The maximum absolute atomic E-state index is 5.55. The number of rotatable bonds is 3. The quantitative estimate of drug-likeness (QED) is 0.352. The average molecular weight is 533 g/mol. The van der Waals surface area contributed by atoms with Crippen molar-refractivity contribution >= 4 is 28.3 Å². The Morgan fingerprint density at radius 1 is 0.854 bits per heavy atom. The third-order valence-corrected chi connectivity index (χ3v) is 9.85. The minimum Gasteiger partial charge on any atom is -0.282 e. The second-order valence-electron chi connectivity index (χ2n) is 12.4. The van der Waals surface area contributed by atoms with E-state index in [1.54, 1.807) is 0 Å². The fourth-order valence-electron chi connectivity index (χ4n) is 7.80. The first-order valence-electron chi connectivity index (χ1n) is 15.4. The predicted molar refractivity (Wildman–Crippen MR) is 173 cm³/mol. The molecule has 0 spiro atoms. The van der Waals surface area contributed by atoms with Gasteiger partial charge in [-0.2, -0.15) is 0 Å². The van der Waals surface area contributed by atoms with Crippen LogP contribution in [-0.2, 0) is 0 Å². The summed E-state index contributed by atoms with van der Waals surface area (Å²) >= 11 is 0. The molecule has 0 saturated heterocycles. The van der Waals surface area contributed by atoms with Gasteiger partial charge in [-0.25, -0.2) is 0 Å². The molecule has 0 N–H and O–H groups in total. The zero-order valence-electron chi connectivity index (χ0n) is 23.7. The number of fused-ring (bicyclic) bond motifs is 5. The molecule has 2 heteroatoms. The van der Waals surface area contributed by atoms with E-state index < -0.39 is 0 Å². The number of hydrogen-bond acceptors (Lipinski definition) is 2. The number of aliphatic imine (C=N–C) groups is 2. The van der Waals surface area contributed by atoms with E-state index in [1.165, 1.54) is 56.5 Å². The Bertz CT molecular complexity index is 1730. The summed E-state index contributed by atoms with van der Waals surface area (Å²) in [6.45, 7) is 2.35. The number of benzene rings is 2. The Hall–Kier alpha value is -4.04. The van der Waals surface area contributed by atoms with Gasteiger partial charge in [0.25, 0.3) is 0 Å². The molecule has 2 aromatic carbocycles. The van der Waals surface area contributed by atoms with Crippen LogP contribution >= 0.6 is 0 Å². The molecule has 41 heavy (non-hydrogen) atoms. The molecular formula is C39H36N2. The van der Waals surface area contributed by atoms with E-state index in [9.17, 15) is 0 Å². The third-order valence-electron chi connectivity index (χ3n) is 9.85. The van der Waals surface area contributed by atoms with E-state index in [-0.39, 0.29) is 12.0 Å². The third kappa shape index (κ3) is 4.32. The molecule has 0 bridgehead atoms. The molecule has 0 saturated carbocycles. The highest BCUT2D eigenvalue weighted by molar-refractivity contribution is 5.94. The van der Waals surface area contributed by atoms with Gasteiger partial charge < -0.3 is 0 Å². The van der Waals surface area contributed by atoms with Crippen LogP contribution in [0.3, 0.4) is 0 Å². The van der Waals surface area contributed by atoms with E-state index in [2.05, 4.69) is 116 Å². The summed E-state index contributed by atoms with van der Waals surface area (Å²) in [7, 11) is 0. The van der Waals surface area contributed by atoms with E-state index >= 15 is 0 Å². The van der Waals surface area contributed by atoms with Crippen LogP contribution in [0.25, 0.3) is 16.3 Å². The van der Waals surface area contributed by atoms with E-state index in [0.717, 1.165) is 19.3 Å². The second-order valence-corrected chi connectivity index (χ2v) is 12.4. The topological polar surface area (TPSA) is 24.7 Å². The van der Waals surface area contributed by atoms with Crippen LogP contribution in [0.5, 0.6) is 0 Å². The molecule has 0 aromatic heterocycles. The van der Waals surface area contributed by atoms with Crippen molar-refractivity contribution in [2.75, 3.05) is 0 Å². The summed E-state index contributed by atoms with van der Waals surface area (Å²) < 4.78 is 0. The molecular weight excluding hydrogens is 496 g/mol. The maximum Gasteiger partial charge on any atom is 0.102 e. The Kier molecular flexibility index (Phi) is 6.09. The molecule has 8 rings (SSSR count). The largest absolute Gasteiger partial charge is 0.282 e. The van der Waals surface area contributed by atoms with Crippen molar-refractivity contribution in [1.29, 1.82) is 0 Å². The van der Waals surface area contributed by atoms with Crippen molar-refractivity contribution in [2.24, 2.45) is 39.6 Å². The highest BCUT2D eigenvalue weighted by Gasteiger charge is 2.43. The van der Waals surface area contributed by atoms with E-state index in [4.69, 9.17) is 9.98 Å².